The molecule has 1 saturated carbocycles. The summed E-state index contributed by atoms with van der Waals surface area (Å²) >= 11 is 5.94. The number of benzene rings is 1. The molecule has 0 spiro atoms. The van der Waals surface area contributed by atoms with Crippen LogP contribution in [0.4, 0.5) is 24.7 Å². The number of rotatable bonds is 7. The topological polar surface area (TPSA) is 113 Å². The van der Waals surface area contributed by atoms with Gasteiger partial charge in [0.2, 0.25) is 0 Å². The Balaban J connectivity index is 1.72. The minimum Gasteiger partial charge on any atom is -0.464 e. The van der Waals surface area contributed by atoms with Crippen LogP contribution in [-0.2, 0) is 4.74 Å². The number of esters is 1. The molecule has 2 heterocycles. The third-order valence-electron chi connectivity index (χ3n) is 6.18. The highest BCUT2D eigenvalue weighted by molar-refractivity contribution is 6.29. The second kappa shape index (κ2) is 9.43. The summed E-state index contributed by atoms with van der Waals surface area (Å²) in [6, 6.07) is 8.18. The summed E-state index contributed by atoms with van der Waals surface area (Å²) in [6.45, 7) is 3.28. The number of ether oxygens (including phenoxy) is 1. The van der Waals surface area contributed by atoms with Crippen molar-refractivity contribution in [3.8, 4) is 6.07 Å². The van der Waals surface area contributed by atoms with Crippen molar-refractivity contribution in [2.24, 2.45) is 5.41 Å². The highest BCUT2D eigenvalue weighted by Gasteiger charge is 2.63. The molecule has 0 aliphatic heterocycles. The van der Waals surface area contributed by atoms with E-state index in [9.17, 15) is 23.2 Å². The molecule has 2 N–H and O–H groups in total. The van der Waals surface area contributed by atoms with Crippen LogP contribution in [0.5, 0.6) is 0 Å². The van der Waals surface area contributed by atoms with Gasteiger partial charge >= 0.3 is 12.1 Å². The summed E-state index contributed by atoms with van der Waals surface area (Å²) < 4.78 is 45.0. The van der Waals surface area contributed by atoms with Crippen LogP contribution in [0.15, 0.2) is 24.3 Å². The molecule has 4 rings (SSSR count). The number of halogens is 4. The average molecular weight is 519 g/mol. The van der Waals surface area contributed by atoms with Gasteiger partial charge in [-0.25, -0.2) is 19.7 Å². The van der Waals surface area contributed by atoms with E-state index in [1.54, 1.807) is 12.1 Å². The zero-order valence-corrected chi connectivity index (χ0v) is 20.4. The zero-order valence-electron chi connectivity index (χ0n) is 19.6. The number of pyridine rings is 1. The summed E-state index contributed by atoms with van der Waals surface area (Å²) in [5.41, 5.74) is 0.778. The normalized spacial score (nSPS) is 15.2. The molecule has 2 aromatic heterocycles. The van der Waals surface area contributed by atoms with Crippen molar-refractivity contribution in [3.63, 3.8) is 0 Å². The molecule has 1 aromatic carbocycles. The Morgan fingerprint density at radius 2 is 2.00 bits per heavy atom. The second-order valence-electron chi connectivity index (χ2n) is 8.77. The Bertz CT molecular complexity index is 1380. The average Bonchev–Trinajstić information content (AvgIpc) is 3.63. The maximum absolute atomic E-state index is 13.4. The Morgan fingerprint density at radius 3 is 2.61 bits per heavy atom. The van der Waals surface area contributed by atoms with Crippen LogP contribution in [-0.4, -0.2) is 40.8 Å². The van der Waals surface area contributed by atoms with E-state index in [1.165, 1.54) is 13.2 Å². The van der Waals surface area contributed by atoms with Crippen molar-refractivity contribution >= 4 is 40.1 Å². The van der Waals surface area contributed by atoms with Crippen molar-refractivity contribution < 1.29 is 22.7 Å². The van der Waals surface area contributed by atoms with Gasteiger partial charge in [-0.15, -0.1) is 0 Å². The van der Waals surface area contributed by atoms with E-state index in [2.05, 4.69) is 25.6 Å². The molecular formula is C24H22ClF3N6O2. The summed E-state index contributed by atoms with van der Waals surface area (Å²) in [5, 5.41) is 15.6. The van der Waals surface area contributed by atoms with Crippen LogP contribution in [0.25, 0.3) is 11.0 Å². The zero-order chi connectivity index (χ0) is 26.3. The van der Waals surface area contributed by atoms with Crippen molar-refractivity contribution in [3.05, 3.63) is 51.9 Å². The number of nitriles is 1. The van der Waals surface area contributed by atoms with E-state index in [0.29, 0.717) is 22.3 Å². The van der Waals surface area contributed by atoms with Gasteiger partial charge in [0, 0.05) is 12.1 Å². The Kier molecular flexibility index (Phi) is 6.66. The lowest BCUT2D eigenvalue weighted by molar-refractivity contribution is -0.182. The fourth-order valence-corrected chi connectivity index (χ4v) is 4.09. The van der Waals surface area contributed by atoms with Crippen LogP contribution >= 0.6 is 11.6 Å². The number of anilines is 2. The van der Waals surface area contributed by atoms with E-state index in [-0.39, 0.29) is 41.7 Å². The van der Waals surface area contributed by atoms with Gasteiger partial charge in [0.15, 0.2) is 17.2 Å². The van der Waals surface area contributed by atoms with Crippen LogP contribution in [0, 0.1) is 23.7 Å². The molecular weight excluding hydrogens is 497 g/mol. The summed E-state index contributed by atoms with van der Waals surface area (Å²) in [4.78, 5) is 25.1. The fraction of sp³-hybridized carbons (Fsp3) is 0.375. The van der Waals surface area contributed by atoms with Gasteiger partial charge in [-0.2, -0.15) is 18.4 Å². The van der Waals surface area contributed by atoms with E-state index >= 15 is 0 Å². The number of nitrogens with zero attached hydrogens (tertiary/aromatic N) is 4. The van der Waals surface area contributed by atoms with Gasteiger partial charge in [-0.05, 0) is 50.5 Å². The fourth-order valence-electron chi connectivity index (χ4n) is 3.94. The minimum atomic E-state index is -4.35. The molecule has 1 atom stereocenters. The molecule has 8 nitrogen and oxygen atoms in total. The molecule has 3 aromatic rings. The van der Waals surface area contributed by atoms with Gasteiger partial charge in [0.1, 0.15) is 11.2 Å². The monoisotopic (exact) mass is 518 g/mol. The summed E-state index contributed by atoms with van der Waals surface area (Å²) in [6.07, 6.45) is -4.30. The smallest absolute Gasteiger partial charge is 0.396 e. The van der Waals surface area contributed by atoms with Gasteiger partial charge in [0.05, 0.1) is 35.3 Å². The van der Waals surface area contributed by atoms with Crippen molar-refractivity contribution in [1.82, 2.24) is 15.0 Å². The minimum absolute atomic E-state index is 0.00380. The SMILES string of the molecule is COC(=O)c1nc(Cl)ccc1N[C@H](C)c1cc(C)cc2nc(C#N)c(NCC3(C(F)(F)F)CC3)nc12. The van der Waals surface area contributed by atoms with Crippen molar-refractivity contribution in [2.45, 2.75) is 38.9 Å². The third kappa shape index (κ3) is 4.86. The molecule has 12 heteroatoms. The Morgan fingerprint density at radius 1 is 1.28 bits per heavy atom. The van der Waals surface area contributed by atoms with Crippen molar-refractivity contribution in [1.29, 1.82) is 5.26 Å². The molecule has 1 aliphatic carbocycles. The molecule has 1 fully saturated rings. The standard InChI is InChI=1S/C24H22ClF3N6O2/c1-12-8-14(13(2)31-15-4-5-18(25)33-20(15)22(35)36-3)19-16(9-12)32-17(10-29)21(34-19)30-11-23(6-7-23)24(26,27)28/h4-5,8-9,13,31H,6-7,11H2,1-3H3,(H,30,34)/t13-/m1/s1. The molecule has 0 bridgehead atoms. The first-order valence-corrected chi connectivity index (χ1v) is 11.4. The lowest BCUT2D eigenvalue weighted by atomic mass is 10.0. The molecule has 0 unspecified atom stereocenters. The first-order chi connectivity index (χ1) is 17.0. The summed E-state index contributed by atoms with van der Waals surface area (Å²) in [7, 11) is 1.23. The maximum atomic E-state index is 13.4. The lowest BCUT2D eigenvalue weighted by Crippen LogP contribution is -2.32. The van der Waals surface area contributed by atoms with E-state index in [0.717, 1.165) is 5.56 Å². The predicted octanol–water partition coefficient (Wildman–Crippen LogP) is 5.57. The van der Waals surface area contributed by atoms with Crippen LogP contribution in [0.2, 0.25) is 5.15 Å². The second-order valence-corrected chi connectivity index (χ2v) is 9.16. The predicted molar refractivity (Wildman–Crippen MR) is 128 cm³/mol. The van der Waals surface area contributed by atoms with E-state index in [1.807, 2.05) is 26.0 Å². The van der Waals surface area contributed by atoms with Gasteiger partial charge < -0.3 is 15.4 Å². The number of carbonyl (C=O) groups excluding carboxylic acids is 1. The van der Waals surface area contributed by atoms with E-state index < -0.39 is 23.6 Å². The summed E-state index contributed by atoms with van der Waals surface area (Å²) in [5.74, 6) is -0.689. The number of fused-ring (bicyclic) bond motifs is 1. The molecule has 1 aliphatic rings. The Labute approximate surface area is 209 Å². The number of hydrogen-bond acceptors (Lipinski definition) is 8. The number of alkyl halides is 3. The molecule has 36 heavy (non-hydrogen) atoms. The largest absolute Gasteiger partial charge is 0.464 e. The first kappa shape index (κ1) is 25.4. The highest BCUT2D eigenvalue weighted by Crippen LogP contribution is 2.57. The van der Waals surface area contributed by atoms with Crippen LogP contribution < -0.4 is 10.6 Å². The molecule has 0 saturated heterocycles. The van der Waals surface area contributed by atoms with Crippen molar-refractivity contribution in [2.75, 3.05) is 24.3 Å². The number of carbonyl (C=O) groups is 1. The quantitative estimate of drug-likeness (QED) is 0.308. The molecule has 0 radical (unpaired) electrons. The van der Waals surface area contributed by atoms with Gasteiger partial charge in [-0.3, -0.25) is 0 Å². The number of aromatic nitrogens is 3. The number of methoxy groups -OCH3 is 1. The number of hydrogen-bond donors (Lipinski definition) is 2. The highest BCUT2D eigenvalue weighted by atomic mass is 35.5. The number of nitrogens with one attached hydrogen (secondary N) is 2. The van der Waals surface area contributed by atoms with Gasteiger partial charge in [-0.1, -0.05) is 17.7 Å². The molecule has 188 valence electrons. The first-order valence-electron chi connectivity index (χ1n) is 11.0. The van der Waals surface area contributed by atoms with Crippen LogP contribution in [0.1, 0.15) is 53.1 Å². The number of aryl methyl sites for hydroxylation is 1. The molecule has 0 amide bonds. The van der Waals surface area contributed by atoms with E-state index in [4.69, 9.17) is 16.3 Å². The van der Waals surface area contributed by atoms with Crippen LogP contribution in [0.3, 0.4) is 0 Å². The maximum Gasteiger partial charge on any atom is 0.396 e. The Hall–Kier alpha value is -3.65. The van der Waals surface area contributed by atoms with Gasteiger partial charge in [0.25, 0.3) is 0 Å². The third-order valence-corrected chi connectivity index (χ3v) is 6.39. The lowest BCUT2D eigenvalue weighted by Gasteiger charge is -2.21.